The third-order valence-electron chi connectivity index (χ3n) is 5.91. The number of para-hydroxylation sites is 1. The smallest absolute Gasteiger partial charge is 0.312 e. The second-order valence-corrected chi connectivity index (χ2v) is 10.1. The molecule has 134 valence electrons. The highest BCUT2D eigenvalue weighted by molar-refractivity contribution is 9.10. The number of halogens is 2. The second kappa shape index (κ2) is 6.27. The fourth-order valence-corrected chi connectivity index (χ4v) is 7.06. The molecular formula is C19H21BrClNO3. The van der Waals surface area contributed by atoms with Gasteiger partial charge in [-0.2, -0.15) is 0 Å². The van der Waals surface area contributed by atoms with Gasteiger partial charge in [0.15, 0.2) is 6.61 Å². The molecule has 6 heteroatoms. The lowest BCUT2D eigenvalue weighted by Gasteiger charge is -2.58. The molecule has 5 rings (SSSR count). The number of hydrogen-bond acceptors (Lipinski definition) is 3. The summed E-state index contributed by atoms with van der Waals surface area (Å²) in [6.07, 6.45) is 6.19. The van der Waals surface area contributed by atoms with Gasteiger partial charge in [-0.3, -0.25) is 9.59 Å². The molecule has 1 amide bonds. The molecule has 1 aromatic carbocycles. The lowest BCUT2D eigenvalue weighted by molar-refractivity contribution is -0.170. The zero-order valence-corrected chi connectivity index (χ0v) is 16.2. The van der Waals surface area contributed by atoms with Gasteiger partial charge < -0.3 is 10.1 Å². The number of esters is 1. The Morgan fingerprint density at radius 1 is 1.20 bits per heavy atom. The van der Waals surface area contributed by atoms with Crippen LogP contribution in [0.3, 0.4) is 0 Å². The number of carbonyl (C=O) groups excluding carboxylic acids is 2. The first-order valence-corrected chi connectivity index (χ1v) is 9.95. The Morgan fingerprint density at radius 2 is 1.88 bits per heavy atom. The summed E-state index contributed by atoms with van der Waals surface area (Å²) in [4.78, 5) is 24.9. The van der Waals surface area contributed by atoms with Crippen molar-refractivity contribution in [3.8, 4) is 0 Å². The van der Waals surface area contributed by atoms with Crippen LogP contribution in [-0.2, 0) is 14.3 Å². The van der Waals surface area contributed by atoms with E-state index in [4.69, 9.17) is 16.3 Å². The van der Waals surface area contributed by atoms with Crippen molar-refractivity contribution in [2.45, 2.75) is 42.8 Å². The molecule has 0 aromatic heterocycles. The van der Waals surface area contributed by atoms with Gasteiger partial charge in [0.25, 0.3) is 5.91 Å². The molecule has 0 saturated heterocycles. The number of rotatable bonds is 4. The maximum Gasteiger partial charge on any atom is 0.312 e. The molecule has 2 unspecified atom stereocenters. The molecule has 4 aliphatic rings. The molecule has 4 aliphatic carbocycles. The van der Waals surface area contributed by atoms with E-state index in [1.807, 2.05) is 0 Å². The van der Waals surface area contributed by atoms with Crippen molar-refractivity contribution >= 4 is 45.1 Å². The summed E-state index contributed by atoms with van der Waals surface area (Å²) in [5.74, 6) is 0.634. The summed E-state index contributed by atoms with van der Waals surface area (Å²) >= 11 is 9.92. The number of benzene rings is 1. The van der Waals surface area contributed by atoms with E-state index >= 15 is 0 Å². The average molecular weight is 427 g/mol. The minimum Gasteiger partial charge on any atom is -0.455 e. The van der Waals surface area contributed by atoms with Crippen LogP contribution < -0.4 is 5.32 Å². The molecule has 4 nitrogen and oxygen atoms in total. The second-order valence-electron chi connectivity index (χ2n) is 8.00. The lowest BCUT2D eigenvalue weighted by atomic mass is 9.49. The van der Waals surface area contributed by atoms with Gasteiger partial charge >= 0.3 is 5.97 Å². The Kier molecular flexibility index (Phi) is 4.35. The van der Waals surface area contributed by atoms with Crippen LogP contribution >= 0.6 is 27.5 Å². The van der Waals surface area contributed by atoms with Crippen LogP contribution in [-0.4, -0.2) is 22.8 Å². The Morgan fingerprint density at radius 3 is 2.52 bits per heavy atom. The molecule has 4 saturated carbocycles. The summed E-state index contributed by atoms with van der Waals surface area (Å²) in [5.41, 5.74) is 0.123. The molecule has 0 radical (unpaired) electrons. The topological polar surface area (TPSA) is 55.4 Å². The van der Waals surface area contributed by atoms with Crippen molar-refractivity contribution in [2.75, 3.05) is 11.9 Å². The monoisotopic (exact) mass is 425 g/mol. The van der Waals surface area contributed by atoms with E-state index < -0.39 is 5.41 Å². The fourth-order valence-electron chi connectivity index (χ4n) is 5.42. The van der Waals surface area contributed by atoms with Gasteiger partial charge in [-0.25, -0.2) is 0 Å². The lowest BCUT2D eigenvalue weighted by Crippen LogP contribution is -2.56. The van der Waals surface area contributed by atoms with E-state index in [2.05, 4.69) is 21.2 Å². The molecule has 4 fully saturated rings. The number of alkyl halides is 1. The van der Waals surface area contributed by atoms with Gasteiger partial charge in [0, 0.05) is 4.32 Å². The van der Waals surface area contributed by atoms with Crippen molar-refractivity contribution in [1.82, 2.24) is 0 Å². The van der Waals surface area contributed by atoms with Gasteiger partial charge in [-0.1, -0.05) is 39.7 Å². The van der Waals surface area contributed by atoms with Crippen LogP contribution in [0.5, 0.6) is 0 Å². The molecule has 1 N–H and O–H groups in total. The summed E-state index contributed by atoms with van der Waals surface area (Å²) in [5, 5.41) is 3.15. The third kappa shape index (κ3) is 3.33. The SMILES string of the molecule is O=C(COC(=O)C12C[C@@H]3C[C@@H](CC(Br)(C3)C1)C2)Nc1ccccc1Cl. The average Bonchev–Trinajstić information content (AvgIpc) is 2.52. The molecule has 0 aliphatic heterocycles. The predicted molar refractivity (Wildman–Crippen MR) is 99.8 cm³/mol. The first-order valence-electron chi connectivity index (χ1n) is 8.78. The van der Waals surface area contributed by atoms with Crippen molar-refractivity contribution in [2.24, 2.45) is 17.3 Å². The van der Waals surface area contributed by atoms with Crippen LogP contribution in [0.25, 0.3) is 0 Å². The standard InChI is InChI=1S/C19H21BrClNO3/c20-19-8-12-5-13(9-19)7-18(6-12,11-19)17(24)25-10-16(23)22-15-4-2-1-3-14(15)21/h1-4,12-13H,5-11H2,(H,22,23)/t12-,13+,18?,19?. The number of anilines is 1. The molecule has 0 spiro atoms. The molecule has 0 heterocycles. The molecule has 1 aromatic rings. The Balaban J connectivity index is 1.38. The van der Waals surface area contributed by atoms with Crippen LogP contribution in [0.4, 0.5) is 5.69 Å². The number of amides is 1. The zero-order chi connectivity index (χ0) is 17.7. The summed E-state index contributed by atoms with van der Waals surface area (Å²) in [7, 11) is 0. The maximum absolute atomic E-state index is 12.8. The molecule has 4 atom stereocenters. The quantitative estimate of drug-likeness (QED) is 0.567. The van der Waals surface area contributed by atoms with Crippen LogP contribution in [0.1, 0.15) is 38.5 Å². The van der Waals surface area contributed by atoms with Gasteiger partial charge in [0.05, 0.1) is 16.1 Å². The fraction of sp³-hybridized carbons (Fsp3) is 0.579. The van der Waals surface area contributed by atoms with Crippen molar-refractivity contribution in [3.63, 3.8) is 0 Å². The van der Waals surface area contributed by atoms with Crippen LogP contribution in [0.15, 0.2) is 24.3 Å². The third-order valence-corrected chi connectivity index (χ3v) is 7.16. The van der Waals surface area contributed by atoms with E-state index in [0.717, 1.165) is 32.1 Å². The number of ether oxygens (including phenoxy) is 1. The highest BCUT2D eigenvalue weighted by atomic mass is 79.9. The van der Waals surface area contributed by atoms with Gasteiger partial charge in [0.1, 0.15) is 0 Å². The number of carbonyl (C=O) groups is 2. The van der Waals surface area contributed by atoms with Crippen molar-refractivity contribution < 1.29 is 14.3 Å². The minimum absolute atomic E-state index is 0.0932. The van der Waals surface area contributed by atoms with E-state index in [0.29, 0.717) is 22.5 Å². The molecule has 4 bridgehead atoms. The highest BCUT2D eigenvalue weighted by Gasteiger charge is 2.60. The van der Waals surface area contributed by atoms with E-state index in [-0.39, 0.29) is 22.8 Å². The van der Waals surface area contributed by atoms with Crippen molar-refractivity contribution in [3.05, 3.63) is 29.3 Å². The van der Waals surface area contributed by atoms with Crippen molar-refractivity contribution in [1.29, 1.82) is 0 Å². The summed E-state index contributed by atoms with van der Waals surface area (Å²) in [6.45, 7) is -0.267. The predicted octanol–water partition coefficient (Wildman–Crippen LogP) is 4.56. The highest BCUT2D eigenvalue weighted by Crippen LogP contribution is 2.64. The van der Waals surface area contributed by atoms with E-state index in [1.54, 1.807) is 24.3 Å². The largest absolute Gasteiger partial charge is 0.455 e. The Bertz CT molecular complexity index is 708. The van der Waals surface area contributed by atoms with Crippen LogP contribution in [0, 0.1) is 17.3 Å². The Hall–Kier alpha value is -1.07. The minimum atomic E-state index is -0.405. The summed E-state index contributed by atoms with van der Waals surface area (Å²) in [6, 6.07) is 7.00. The van der Waals surface area contributed by atoms with E-state index in [1.165, 1.54) is 6.42 Å². The van der Waals surface area contributed by atoms with Gasteiger partial charge in [0.2, 0.25) is 0 Å². The normalized spacial score (nSPS) is 35.4. The zero-order valence-electron chi connectivity index (χ0n) is 13.9. The van der Waals surface area contributed by atoms with Gasteiger partial charge in [-0.15, -0.1) is 0 Å². The Labute approximate surface area is 160 Å². The van der Waals surface area contributed by atoms with Gasteiger partial charge in [-0.05, 0) is 62.5 Å². The van der Waals surface area contributed by atoms with Crippen LogP contribution in [0.2, 0.25) is 5.02 Å². The number of nitrogens with one attached hydrogen (secondary N) is 1. The maximum atomic E-state index is 12.8. The number of hydrogen-bond donors (Lipinski definition) is 1. The molecule has 25 heavy (non-hydrogen) atoms. The molecular weight excluding hydrogens is 406 g/mol. The summed E-state index contributed by atoms with van der Waals surface area (Å²) < 4.78 is 5.52. The first kappa shape index (κ1) is 17.3. The first-order chi connectivity index (χ1) is 11.9. The van der Waals surface area contributed by atoms with E-state index in [9.17, 15) is 9.59 Å².